The molecule has 1 heterocycles. The van der Waals surface area contributed by atoms with Gasteiger partial charge in [0.05, 0.1) is 12.8 Å². The standard InChI is InChI=1S/C25H30ClN4OP/c1-31-16-17-9-12-22(23(13-17)32(2)3)29-24-21(26)15-27-25(30-24)28-20-11-10-18-7-5-4-6-8-19(18)14-20/h9-15H,4-8,16H2,1-3H3,(H2,27,28,29,30). The molecule has 1 aliphatic rings. The van der Waals surface area contributed by atoms with Crippen molar-refractivity contribution in [1.29, 1.82) is 0 Å². The van der Waals surface area contributed by atoms with Crippen LogP contribution in [-0.2, 0) is 24.2 Å². The predicted molar refractivity (Wildman–Crippen MR) is 137 cm³/mol. The molecule has 7 heteroatoms. The molecule has 0 radical (unpaired) electrons. The molecule has 168 valence electrons. The number of aromatic nitrogens is 2. The van der Waals surface area contributed by atoms with Crippen LogP contribution in [0.3, 0.4) is 0 Å². The van der Waals surface area contributed by atoms with Gasteiger partial charge in [-0.15, -0.1) is 0 Å². The van der Waals surface area contributed by atoms with Crippen molar-refractivity contribution in [2.24, 2.45) is 0 Å². The number of aryl methyl sites for hydroxylation is 2. The Hall–Kier alpha value is -2.20. The second-order valence-electron chi connectivity index (χ2n) is 8.36. The highest BCUT2D eigenvalue weighted by Gasteiger charge is 2.13. The number of methoxy groups -OCH3 is 1. The summed E-state index contributed by atoms with van der Waals surface area (Å²) in [5.74, 6) is 1.12. The number of hydrogen-bond donors (Lipinski definition) is 2. The normalized spacial score (nSPS) is 13.5. The van der Waals surface area contributed by atoms with Crippen LogP contribution >= 0.6 is 19.5 Å². The zero-order valence-electron chi connectivity index (χ0n) is 18.9. The molecule has 2 N–H and O–H groups in total. The Morgan fingerprint density at radius 3 is 2.59 bits per heavy atom. The topological polar surface area (TPSA) is 59.1 Å². The van der Waals surface area contributed by atoms with Crippen molar-refractivity contribution in [3.8, 4) is 0 Å². The molecule has 0 spiro atoms. The SMILES string of the molecule is COCc1ccc(Nc2nc(Nc3ccc4c(c3)CCCCC4)ncc2Cl)c(P(C)C)c1. The maximum Gasteiger partial charge on any atom is 0.229 e. The number of benzene rings is 2. The lowest BCUT2D eigenvalue weighted by Crippen LogP contribution is -2.10. The van der Waals surface area contributed by atoms with Gasteiger partial charge in [-0.05, 0) is 85.3 Å². The van der Waals surface area contributed by atoms with Crippen molar-refractivity contribution in [2.45, 2.75) is 38.7 Å². The third-order valence-corrected chi connectivity index (χ3v) is 7.32. The summed E-state index contributed by atoms with van der Waals surface area (Å²) in [6.45, 7) is 5.07. The molecule has 1 aromatic heterocycles. The van der Waals surface area contributed by atoms with E-state index in [0.717, 1.165) is 23.4 Å². The average Bonchev–Trinajstić information content (AvgIpc) is 3.02. The van der Waals surface area contributed by atoms with Crippen LogP contribution < -0.4 is 15.9 Å². The first-order chi connectivity index (χ1) is 15.5. The van der Waals surface area contributed by atoms with Gasteiger partial charge in [0.1, 0.15) is 5.02 Å². The molecule has 0 unspecified atom stereocenters. The summed E-state index contributed by atoms with van der Waals surface area (Å²) in [5, 5.41) is 8.53. The molecule has 32 heavy (non-hydrogen) atoms. The van der Waals surface area contributed by atoms with Crippen LogP contribution in [0.2, 0.25) is 5.02 Å². The van der Waals surface area contributed by atoms with Crippen LogP contribution in [-0.4, -0.2) is 30.4 Å². The molecule has 0 aliphatic heterocycles. The minimum absolute atomic E-state index is 0.324. The lowest BCUT2D eigenvalue weighted by molar-refractivity contribution is 0.185. The number of ether oxygens (including phenoxy) is 1. The van der Waals surface area contributed by atoms with Gasteiger partial charge in [-0.2, -0.15) is 4.98 Å². The first-order valence-electron chi connectivity index (χ1n) is 11.0. The highest BCUT2D eigenvalue weighted by molar-refractivity contribution is 7.64. The van der Waals surface area contributed by atoms with E-state index in [1.807, 2.05) is 0 Å². The number of rotatable bonds is 7. The third kappa shape index (κ3) is 5.58. The number of halogens is 1. The van der Waals surface area contributed by atoms with Gasteiger partial charge in [-0.25, -0.2) is 4.98 Å². The zero-order chi connectivity index (χ0) is 22.5. The minimum atomic E-state index is -0.324. The summed E-state index contributed by atoms with van der Waals surface area (Å²) in [5.41, 5.74) is 6.07. The van der Waals surface area contributed by atoms with Crippen LogP contribution in [0.25, 0.3) is 0 Å². The van der Waals surface area contributed by atoms with E-state index in [0.29, 0.717) is 23.4 Å². The molecule has 5 nitrogen and oxygen atoms in total. The molecule has 0 fully saturated rings. The number of nitrogens with one attached hydrogen (secondary N) is 2. The molecule has 2 aromatic carbocycles. The third-order valence-electron chi connectivity index (χ3n) is 5.71. The zero-order valence-corrected chi connectivity index (χ0v) is 20.6. The summed E-state index contributed by atoms with van der Waals surface area (Å²) < 4.78 is 5.29. The highest BCUT2D eigenvalue weighted by atomic mass is 35.5. The predicted octanol–water partition coefficient (Wildman–Crippen LogP) is 6.40. The van der Waals surface area contributed by atoms with Crippen LogP contribution in [0.4, 0.5) is 23.1 Å². The van der Waals surface area contributed by atoms with E-state index < -0.39 is 0 Å². The van der Waals surface area contributed by atoms with E-state index in [-0.39, 0.29) is 7.92 Å². The van der Waals surface area contributed by atoms with E-state index >= 15 is 0 Å². The van der Waals surface area contributed by atoms with Gasteiger partial charge in [-0.1, -0.05) is 38.1 Å². The largest absolute Gasteiger partial charge is 0.380 e. The summed E-state index contributed by atoms with van der Waals surface area (Å²) >= 11 is 6.45. The maximum atomic E-state index is 6.45. The van der Waals surface area contributed by atoms with Gasteiger partial charge in [0.25, 0.3) is 0 Å². The smallest absolute Gasteiger partial charge is 0.229 e. The van der Waals surface area contributed by atoms with Gasteiger partial charge < -0.3 is 15.4 Å². The Morgan fingerprint density at radius 2 is 1.81 bits per heavy atom. The summed E-state index contributed by atoms with van der Waals surface area (Å²) in [6, 6.07) is 12.9. The second kappa shape index (κ2) is 10.6. The Labute approximate surface area is 196 Å². The van der Waals surface area contributed by atoms with Crippen molar-refractivity contribution in [2.75, 3.05) is 31.1 Å². The van der Waals surface area contributed by atoms with E-state index in [9.17, 15) is 0 Å². The quantitative estimate of drug-likeness (QED) is 0.310. The second-order valence-corrected chi connectivity index (χ2v) is 11.0. The van der Waals surface area contributed by atoms with Gasteiger partial charge in [0.15, 0.2) is 5.82 Å². The van der Waals surface area contributed by atoms with Crippen LogP contribution in [0, 0.1) is 0 Å². The van der Waals surface area contributed by atoms with Gasteiger partial charge in [0.2, 0.25) is 5.95 Å². The van der Waals surface area contributed by atoms with E-state index in [1.165, 1.54) is 42.1 Å². The Morgan fingerprint density at radius 1 is 1.00 bits per heavy atom. The molecule has 0 atom stereocenters. The Kier molecular flexibility index (Phi) is 7.62. The fraction of sp³-hybridized carbons (Fsp3) is 0.360. The van der Waals surface area contributed by atoms with Crippen LogP contribution in [0.15, 0.2) is 42.6 Å². The lowest BCUT2D eigenvalue weighted by Gasteiger charge is -2.17. The van der Waals surface area contributed by atoms with E-state index in [1.54, 1.807) is 13.3 Å². The first kappa shape index (κ1) is 23.0. The van der Waals surface area contributed by atoms with Crippen molar-refractivity contribution >= 4 is 48.0 Å². The van der Waals surface area contributed by atoms with Gasteiger partial charge in [-0.3, -0.25) is 0 Å². The molecule has 1 aliphatic carbocycles. The maximum absolute atomic E-state index is 6.45. The molecule has 0 saturated carbocycles. The van der Waals surface area contributed by atoms with Crippen molar-refractivity contribution in [1.82, 2.24) is 9.97 Å². The molecule has 0 amide bonds. The number of fused-ring (bicyclic) bond motifs is 1. The van der Waals surface area contributed by atoms with Crippen molar-refractivity contribution < 1.29 is 4.74 Å². The van der Waals surface area contributed by atoms with E-state index in [2.05, 4.69) is 70.3 Å². The molecular weight excluding hydrogens is 439 g/mol. The number of anilines is 4. The molecular formula is C25H30ClN4OP. The highest BCUT2D eigenvalue weighted by Crippen LogP contribution is 2.32. The Balaban J connectivity index is 1.57. The number of nitrogens with zero attached hydrogens (tertiary/aromatic N) is 2. The first-order valence-corrected chi connectivity index (χ1v) is 13.6. The number of hydrogen-bond acceptors (Lipinski definition) is 5. The Bertz CT molecular complexity index is 1090. The van der Waals surface area contributed by atoms with E-state index in [4.69, 9.17) is 16.3 Å². The summed E-state index contributed by atoms with van der Waals surface area (Å²) in [4.78, 5) is 9.07. The molecule has 4 rings (SSSR count). The minimum Gasteiger partial charge on any atom is -0.380 e. The van der Waals surface area contributed by atoms with Gasteiger partial charge >= 0.3 is 0 Å². The molecule has 0 bridgehead atoms. The molecule has 3 aromatic rings. The molecule has 0 saturated heterocycles. The van der Waals surface area contributed by atoms with Crippen LogP contribution in [0.1, 0.15) is 36.0 Å². The summed E-state index contributed by atoms with van der Waals surface area (Å²) in [6.07, 6.45) is 7.79. The van der Waals surface area contributed by atoms with Crippen LogP contribution in [0.5, 0.6) is 0 Å². The van der Waals surface area contributed by atoms with Crippen molar-refractivity contribution in [3.05, 3.63) is 64.3 Å². The van der Waals surface area contributed by atoms with Crippen molar-refractivity contribution in [3.63, 3.8) is 0 Å². The summed E-state index contributed by atoms with van der Waals surface area (Å²) in [7, 11) is 1.39. The fourth-order valence-electron chi connectivity index (χ4n) is 4.07. The monoisotopic (exact) mass is 468 g/mol. The average molecular weight is 469 g/mol. The lowest BCUT2D eigenvalue weighted by atomic mass is 10.0. The van der Waals surface area contributed by atoms with Gasteiger partial charge in [0, 0.05) is 18.5 Å². The fourth-order valence-corrected chi connectivity index (χ4v) is 5.24.